The molecular weight excluding hydrogens is 408 g/mol. The molecule has 0 aliphatic carbocycles. The maximum absolute atomic E-state index is 13.1. The Hall–Kier alpha value is -2.29. The van der Waals surface area contributed by atoms with Crippen LogP contribution < -0.4 is 11.1 Å². The van der Waals surface area contributed by atoms with E-state index < -0.39 is 6.04 Å². The van der Waals surface area contributed by atoms with Crippen LogP contribution in [0.4, 0.5) is 0 Å². The third-order valence-electron chi connectivity index (χ3n) is 8.03. The molecule has 4 aliphatic rings. The summed E-state index contributed by atoms with van der Waals surface area (Å²) in [6.07, 6.45) is 3.92. The summed E-state index contributed by atoms with van der Waals surface area (Å²) in [6, 6.07) is 5.30. The van der Waals surface area contributed by atoms with Gasteiger partial charge in [-0.15, -0.1) is 0 Å². The number of nitrogens with zero attached hydrogens (tertiary/aromatic N) is 2. The van der Waals surface area contributed by atoms with Gasteiger partial charge in [0, 0.05) is 44.8 Å². The number of nitrogens with two attached hydrogens (primary N) is 1. The van der Waals surface area contributed by atoms with Crippen molar-refractivity contribution in [3.63, 3.8) is 0 Å². The summed E-state index contributed by atoms with van der Waals surface area (Å²) in [5.41, 5.74) is 9.29. The third kappa shape index (κ3) is 3.74. The van der Waals surface area contributed by atoms with Crippen molar-refractivity contribution in [3.05, 3.63) is 34.9 Å². The lowest BCUT2D eigenvalue weighted by atomic mass is 9.71. The van der Waals surface area contributed by atoms with E-state index in [2.05, 4.69) is 16.3 Å². The fourth-order valence-electron chi connectivity index (χ4n) is 6.13. The molecule has 2 unspecified atom stereocenters. The van der Waals surface area contributed by atoms with Crippen molar-refractivity contribution >= 4 is 17.7 Å². The van der Waals surface area contributed by atoms with Crippen molar-refractivity contribution in [2.24, 2.45) is 17.1 Å². The molecule has 4 aliphatic heterocycles. The smallest absolute Gasteiger partial charge is 0.255 e. The lowest BCUT2D eigenvalue weighted by Crippen LogP contribution is -2.52. The van der Waals surface area contributed by atoms with Crippen LogP contribution in [-0.2, 0) is 27.4 Å². The van der Waals surface area contributed by atoms with Gasteiger partial charge in [-0.2, -0.15) is 0 Å². The molecule has 0 bridgehead atoms. The average molecular weight is 441 g/mol. The van der Waals surface area contributed by atoms with Crippen molar-refractivity contribution < 1.29 is 19.1 Å². The van der Waals surface area contributed by atoms with Crippen LogP contribution in [-0.4, -0.2) is 66.4 Å². The Morgan fingerprint density at radius 1 is 1.16 bits per heavy atom. The zero-order valence-corrected chi connectivity index (χ0v) is 18.5. The molecule has 0 aromatic heterocycles. The van der Waals surface area contributed by atoms with Crippen molar-refractivity contribution in [2.75, 3.05) is 32.8 Å². The maximum Gasteiger partial charge on any atom is 0.255 e. The van der Waals surface area contributed by atoms with E-state index in [1.54, 1.807) is 4.90 Å². The Bertz CT molecular complexity index is 929. The van der Waals surface area contributed by atoms with Crippen molar-refractivity contribution in [3.8, 4) is 0 Å². The van der Waals surface area contributed by atoms with E-state index in [9.17, 15) is 14.4 Å². The predicted molar refractivity (Wildman–Crippen MR) is 117 cm³/mol. The summed E-state index contributed by atoms with van der Waals surface area (Å²) in [4.78, 5) is 41.1. The van der Waals surface area contributed by atoms with E-state index in [0.717, 1.165) is 63.2 Å². The topological polar surface area (TPSA) is 105 Å². The number of imide groups is 1. The van der Waals surface area contributed by atoms with Crippen molar-refractivity contribution in [1.29, 1.82) is 0 Å². The lowest BCUT2D eigenvalue weighted by Gasteiger charge is -2.39. The number of hydrogen-bond donors (Lipinski definition) is 2. The zero-order valence-electron chi connectivity index (χ0n) is 18.5. The molecule has 0 radical (unpaired) electrons. The highest BCUT2D eigenvalue weighted by molar-refractivity contribution is 6.05. The SMILES string of the molecule is NCC1(C2CCOCC2)CCN(Cc2cccc3c2CN(C2CCC(=O)NC2=O)C3=O)C1. The number of nitrogens with one attached hydrogen (secondary N) is 1. The van der Waals surface area contributed by atoms with Crippen LogP contribution >= 0.6 is 0 Å². The molecule has 3 saturated heterocycles. The molecule has 0 spiro atoms. The number of carbonyl (C=O) groups is 3. The summed E-state index contributed by atoms with van der Waals surface area (Å²) < 4.78 is 5.57. The van der Waals surface area contributed by atoms with E-state index in [0.29, 0.717) is 31.0 Å². The van der Waals surface area contributed by atoms with Crippen molar-refractivity contribution in [2.45, 2.75) is 51.2 Å². The summed E-state index contributed by atoms with van der Waals surface area (Å²) in [6.45, 7) is 5.54. The highest BCUT2D eigenvalue weighted by Crippen LogP contribution is 2.42. The molecule has 8 nitrogen and oxygen atoms in total. The summed E-state index contributed by atoms with van der Waals surface area (Å²) in [5.74, 6) is -0.139. The largest absolute Gasteiger partial charge is 0.381 e. The Balaban J connectivity index is 1.31. The van der Waals surface area contributed by atoms with Gasteiger partial charge in [-0.1, -0.05) is 12.1 Å². The van der Waals surface area contributed by atoms with E-state index in [1.165, 1.54) is 0 Å². The second kappa shape index (κ2) is 8.57. The average Bonchev–Trinajstić information content (AvgIpc) is 3.37. The molecule has 3 N–H and O–H groups in total. The van der Waals surface area contributed by atoms with Gasteiger partial charge in [-0.05, 0) is 67.3 Å². The number of ether oxygens (including phenoxy) is 1. The molecule has 4 heterocycles. The monoisotopic (exact) mass is 440 g/mol. The van der Waals surface area contributed by atoms with Gasteiger partial charge in [0.1, 0.15) is 6.04 Å². The molecule has 172 valence electrons. The van der Waals surface area contributed by atoms with Crippen LogP contribution in [0.3, 0.4) is 0 Å². The van der Waals surface area contributed by atoms with Gasteiger partial charge in [0.2, 0.25) is 11.8 Å². The predicted octanol–water partition coefficient (Wildman–Crippen LogP) is 1.02. The number of benzene rings is 1. The molecule has 1 aromatic carbocycles. The van der Waals surface area contributed by atoms with E-state index >= 15 is 0 Å². The number of hydrogen-bond acceptors (Lipinski definition) is 6. The summed E-state index contributed by atoms with van der Waals surface area (Å²) >= 11 is 0. The zero-order chi connectivity index (χ0) is 22.3. The molecule has 3 fully saturated rings. The number of amides is 3. The molecule has 1 aromatic rings. The normalized spacial score (nSPS) is 29.5. The first-order chi connectivity index (χ1) is 15.5. The Labute approximate surface area is 188 Å². The highest BCUT2D eigenvalue weighted by Gasteiger charge is 2.44. The Morgan fingerprint density at radius 2 is 1.97 bits per heavy atom. The minimum atomic E-state index is -0.578. The highest BCUT2D eigenvalue weighted by atomic mass is 16.5. The molecule has 5 rings (SSSR count). The Morgan fingerprint density at radius 3 is 2.72 bits per heavy atom. The quantitative estimate of drug-likeness (QED) is 0.663. The number of fused-ring (bicyclic) bond motifs is 1. The summed E-state index contributed by atoms with van der Waals surface area (Å²) in [7, 11) is 0. The van der Waals surface area contributed by atoms with Gasteiger partial charge >= 0.3 is 0 Å². The number of carbonyl (C=O) groups excluding carboxylic acids is 3. The van der Waals surface area contributed by atoms with Gasteiger partial charge in [-0.25, -0.2) is 0 Å². The molecule has 3 amide bonds. The number of rotatable bonds is 5. The van der Waals surface area contributed by atoms with Gasteiger partial charge in [0.25, 0.3) is 5.91 Å². The van der Waals surface area contributed by atoms with Crippen LogP contribution in [0.2, 0.25) is 0 Å². The first-order valence-electron chi connectivity index (χ1n) is 11.8. The van der Waals surface area contributed by atoms with Gasteiger partial charge in [0.05, 0.1) is 0 Å². The Kier molecular flexibility index (Phi) is 5.77. The minimum absolute atomic E-state index is 0.115. The first kappa shape index (κ1) is 21.6. The van der Waals surface area contributed by atoms with E-state index in [4.69, 9.17) is 10.5 Å². The van der Waals surface area contributed by atoms with Crippen LogP contribution in [0.25, 0.3) is 0 Å². The van der Waals surface area contributed by atoms with Crippen LogP contribution in [0.1, 0.15) is 53.6 Å². The van der Waals surface area contributed by atoms with Crippen LogP contribution in [0.5, 0.6) is 0 Å². The fourth-order valence-corrected chi connectivity index (χ4v) is 6.13. The van der Waals surface area contributed by atoms with Gasteiger partial charge in [0.15, 0.2) is 0 Å². The third-order valence-corrected chi connectivity index (χ3v) is 8.03. The van der Waals surface area contributed by atoms with Gasteiger partial charge in [-0.3, -0.25) is 24.6 Å². The lowest BCUT2D eigenvalue weighted by molar-refractivity contribution is -0.136. The first-order valence-corrected chi connectivity index (χ1v) is 11.8. The summed E-state index contributed by atoms with van der Waals surface area (Å²) in [5, 5.41) is 2.37. The van der Waals surface area contributed by atoms with Crippen LogP contribution in [0, 0.1) is 11.3 Å². The maximum atomic E-state index is 13.1. The molecular formula is C24H32N4O4. The molecule has 32 heavy (non-hydrogen) atoms. The van der Waals surface area contributed by atoms with Crippen molar-refractivity contribution in [1.82, 2.24) is 15.1 Å². The number of likely N-dealkylation sites (tertiary alicyclic amines) is 1. The number of piperidine rings is 1. The van der Waals surface area contributed by atoms with E-state index in [-0.39, 0.29) is 29.6 Å². The van der Waals surface area contributed by atoms with E-state index in [1.807, 2.05) is 12.1 Å². The van der Waals surface area contributed by atoms with Gasteiger partial charge < -0.3 is 15.4 Å². The second-order valence-electron chi connectivity index (χ2n) is 9.76. The fraction of sp³-hybridized carbons (Fsp3) is 0.625. The van der Waals surface area contributed by atoms with Crippen LogP contribution in [0.15, 0.2) is 18.2 Å². The molecule has 8 heteroatoms. The minimum Gasteiger partial charge on any atom is -0.381 e. The molecule has 2 atom stereocenters. The standard InChI is InChI=1S/C24H32N4O4/c25-14-24(17-6-10-32-11-7-17)8-9-27(15-24)12-16-2-1-3-18-19(16)13-28(23(18)31)20-4-5-21(29)26-22(20)30/h1-3,17,20H,4-15,25H2,(H,26,29,30). The molecule has 0 saturated carbocycles. The second-order valence-corrected chi connectivity index (χ2v) is 9.76.